The van der Waals surface area contributed by atoms with Gasteiger partial charge in [0.2, 0.25) is 5.91 Å². The van der Waals surface area contributed by atoms with E-state index >= 15 is 0 Å². The lowest BCUT2D eigenvalue weighted by atomic mass is 10.1. The molecule has 2 rings (SSSR count). The van der Waals surface area contributed by atoms with Gasteiger partial charge in [-0.05, 0) is 24.3 Å². The van der Waals surface area contributed by atoms with Crippen LogP contribution in [0.4, 0.5) is 0 Å². The summed E-state index contributed by atoms with van der Waals surface area (Å²) in [7, 11) is 0. The number of nitrogens with two attached hydrogens (primary N) is 2. The molecule has 0 spiro atoms. The Morgan fingerprint density at radius 2 is 1.75 bits per heavy atom. The lowest BCUT2D eigenvalue weighted by Gasteiger charge is -2.00. The number of rotatable bonds is 2. The summed E-state index contributed by atoms with van der Waals surface area (Å²) in [5.74, 6) is -1.21. The molecule has 0 atom stereocenters. The second-order valence-corrected chi connectivity index (χ2v) is 3.23. The molecule has 0 aliphatic rings. The van der Waals surface area contributed by atoms with E-state index in [0.29, 0.717) is 16.5 Å². The fourth-order valence-corrected chi connectivity index (χ4v) is 1.32. The number of hydrogen-bond acceptors (Lipinski definition) is 4. The van der Waals surface area contributed by atoms with Gasteiger partial charge in [0.25, 0.3) is 5.91 Å². The molecule has 1 aromatic carbocycles. The number of carbonyl (C=O) groups excluding carboxylic acids is 2. The molecular formula is C10H8N4O2. The largest absolute Gasteiger partial charge is 0.366 e. The molecule has 0 bridgehead atoms. The lowest BCUT2D eigenvalue weighted by molar-refractivity contribution is 0.0989. The molecule has 0 fully saturated rings. The van der Waals surface area contributed by atoms with Crippen molar-refractivity contribution >= 4 is 22.7 Å². The Kier molecular flexibility index (Phi) is 2.24. The Labute approximate surface area is 90.3 Å². The summed E-state index contributed by atoms with van der Waals surface area (Å²) in [5.41, 5.74) is 11.2. The van der Waals surface area contributed by atoms with E-state index in [1.54, 1.807) is 18.2 Å². The number of benzene rings is 1. The quantitative estimate of drug-likeness (QED) is 0.725. The van der Waals surface area contributed by atoms with Crippen LogP contribution in [0.3, 0.4) is 0 Å². The minimum absolute atomic E-state index is 0.0501. The third-order valence-electron chi connectivity index (χ3n) is 2.12. The third-order valence-corrected chi connectivity index (χ3v) is 2.12. The molecule has 6 heteroatoms. The van der Waals surface area contributed by atoms with Gasteiger partial charge in [-0.2, -0.15) is 0 Å². The Hall–Kier alpha value is -2.50. The van der Waals surface area contributed by atoms with E-state index in [1.807, 2.05) is 0 Å². The highest BCUT2D eigenvalue weighted by Crippen LogP contribution is 2.13. The number of fused-ring (bicyclic) bond motifs is 1. The van der Waals surface area contributed by atoms with Gasteiger partial charge in [0.1, 0.15) is 0 Å². The van der Waals surface area contributed by atoms with Crippen LogP contribution in [-0.4, -0.2) is 22.0 Å². The van der Waals surface area contributed by atoms with Crippen LogP contribution < -0.4 is 11.5 Å². The van der Waals surface area contributed by atoms with Gasteiger partial charge >= 0.3 is 0 Å². The third kappa shape index (κ3) is 1.68. The Morgan fingerprint density at radius 1 is 1.00 bits per heavy atom. The zero-order valence-corrected chi connectivity index (χ0v) is 8.18. The standard InChI is InChI=1S/C10H8N4O2/c11-9(15)5-1-2-7-6(3-5)4-8(10(12)16)14-13-7/h1-4H,(H2,11,15)(H2,12,16). The van der Waals surface area contributed by atoms with Crippen LogP contribution in [0.5, 0.6) is 0 Å². The molecule has 0 aliphatic carbocycles. The van der Waals surface area contributed by atoms with E-state index in [4.69, 9.17) is 11.5 Å². The van der Waals surface area contributed by atoms with E-state index in [1.165, 1.54) is 6.07 Å². The van der Waals surface area contributed by atoms with Crippen molar-refractivity contribution in [2.75, 3.05) is 0 Å². The van der Waals surface area contributed by atoms with Crippen molar-refractivity contribution in [3.8, 4) is 0 Å². The number of nitrogens with zero attached hydrogens (tertiary/aromatic N) is 2. The summed E-state index contributed by atoms with van der Waals surface area (Å²) in [6.45, 7) is 0. The van der Waals surface area contributed by atoms with E-state index in [2.05, 4.69) is 10.2 Å². The Bertz CT molecular complexity index is 546. The Morgan fingerprint density at radius 3 is 2.38 bits per heavy atom. The molecule has 0 radical (unpaired) electrons. The molecule has 0 saturated carbocycles. The first-order valence-corrected chi connectivity index (χ1v) is 4.45. The monoisotopic (exact) mass is 216 g/mol. The fraction of sp³-hybridized carbons (Fsp3) is 0. The van der Waals surface area contributed by atoms with Gasteiger partial charge in [0, 0.05) is 10.9 Å². The topological polar surface area (TPSA) is 112 Å². The number of primary amides is 2. The van der Waals surface area contributed by atoms with E-state index in [9.17, 15) is 9.59 Å². The van der Waals surface area contributed by atoms with Gasteiger partial charge in [-0.1, -0.05) is 0 Å². The molecule has 2 amide bonds. The normalized spacial score (nSPS) is 10.2. The second kappa shape index (κ2) is 3.58. The van der Waals surface area contributed by atoms with Crippen molar-refractivity contribution in [1.82, 2.24) is 10.2 Å². The molecule has 4 N–H and O–H groups in total. The maximum absolute atomic E-state index is 11.0. The van der Waals surface area contributed by atoms with Crippen LogP contribution in [0.1, 0.15) is 20.8 Å². The molecule has 80 valence electrons. The minimum Gasteiger partial charge on any atom is -0.366 e. The van der Waals surface area contributed by atoms with Gasteiger partial charge in [0.05, 0.1) is 5.52 Å². The predicted octanol–water partition coefficient (Wildman–Crippen LogP) is -0.172. The first-order chi connectivity index (χ1) is 7.58. The van der Waals surface area contributed by atoms with Crippen molar-refractivity contribution in [1.29, 1.82) is 0 Å². The fourth-order valence-electron chi connectivity index (χ4n) is 1.32. The van der Waals surface area contributed by atoms with Crippen LogP contribution in [-0.2, 0) is 0 Å². The summed E-state index contributed by atoms with van der Waals surface area (Å²) >= 11 is 0. The van der Waals surface area contributed by atoms with Crippen LogP contribution in [0.2, 0.25) is 0 Å². The summed E-state index contributed by atoms with van der Waals surface area (Å²) in [6, 6.07) is 6.16. The summed E-state index contributed by atoms with van der Waals surface area (Å²) in [5, 5.41) is 8.04. The smallest absolute Gasteiger partial charge is 0.269 e. The van der Waals surface area contributed by atoms with Crippen LogP contribution in [0.25, 0.3) is 10.9 Å². The molecule has 0 unspecified atom stereocenters. The van der Waals surface area contributed by atoms with Gasteiger partial charge < -0.3 is 11.5 Å². The Balaban J connectivity index is 2.65. The summed E-state index contributed by atoms with van der Waals surface area (Å²) < 4.78 is 0. The number of aromatic nitrogens is 2. The van der Waals surface area contributed by atoms with Crippen LogP contribution in [0.15, 0.2) is 24.3 Å². The van der Waals surface area contributed by atoms with Crippen molar-refractivity contribution in [3.63, 3.8) is 0 Å². The van der Waals surface area contributed by atoms with Crippen molar-refractivity contribution in [2.45, 2.75) is 0 Å². The van der Waals surface area contributed by atoms with E-state index in [0.717, 1.165) is 0 Å². The van der Waals surface area contributed by atoms with Gasteiger partial charge in [-0.3, -0.25) is 9.59 Å². The first kappa shape index (κ1) is 10.0. The molecule has 16 heavy (non-hydrogen) atoms. The van der Waals surface area contributed by atoms with Crippen molar-refractivity contribution in [3.05, 3.63) is 35.5 Å². The second-order valence-electron chi connectivity index (χ2n) is 3.23. The van der Waals surface area contributed by atoms with Crippen molar-refractivity contribution in [2.24, 2.45) is 11.5 Å². The average Bonchev–Trinajstić information content (AvgIpc) is 2.27. The molecule has 0 saturated heterocycles. The molecule has 2 aromatic rings. The molecule has 1 heterocycles. The predicted molar refractivity (Wildman–Crippen MR) is 56.6 cm³/mol. The highest BCUT2D eigenvalue weighted by Gasteiger charge is 2.07. The maximum Gasteiger partial charge on any atom is 0.269 e. The average molecular weight is 216 g/mol. The van der Waals surface area contributed by atoms with Gasteiger partial charge in [-0.25, -0.2) is 0 Å². The highest BCUT2D eigenvalue weighted by atomic mass is 16.1. The molecular weight excluding hydrogens is 208 g/mol. The zero-order valence-electron chi connectivity index (χ0n) is 8.18. The number of carbonyl (C=O) groups is 2. The summed E-state index contributed by atoms with van der Waals surface area (Å²) in [4.78, 5) is 21.8. The summed E-state index contributed by atoms with van der Waals surface area (Å²) in [6.07, 6.45) is 0. The molecule has 1 aromatic heterocycles. The first-order valence-electron chi connectivity index (χ1n) is 4.45. The molecule has 6 nitrogen and oxygen atoms in total. The van der Waals surface area contributed by atoms with Gasteiger partial charge in [-0.15, -0.1) is 10.2 Å². The van der Waals surface area contributed by atoms with Crippen molar-refractivity contribution < 1.29 is 9.59 Å². The lowest BCUT2D eigenvalue weighted by Crippen LogP contribution is -2.14. The highest BCUT2D eigenvalue weighted by molar-refractivity contribution is 5.98. The van der Waals surface area contributed by atoms with E-state index in [-0.39, 0.29) is 5.69 Å². The van der Waals surface area contributed by atoms with E-state index < -0.39 is 11.8 Å². The number of amides is 2. The van der Waals surface area contributed by atoms with Gasteiger partial charge in [0.15, 0.2) is 5.69 Å². The maximum atomic E-state index is 11.0. The molecule has 0 aliphatic heterocycles. The SMILES string of the molecule is NC(=O)c1ccc2nnc(C(N)=O)cc2c1. The zero-order chi connectivity index (χ0) is 11.7. The number of hydrogen-bond donors (Lipinski definition) is 2. The van der Waals surface area contributed by atoms with Crippen LogP contribution in [0, 0.1) is 0 Å². The minimum atomic E-state index is -0.668. The van der Waals surface area contributed by atoms with Crippen LogP contribution >= 0.6 is 0 Å².